The standard InChI is InChI=1S/C20H18N2O2S/c1-15-11-12-25-19(15)13-21-22-20(23)17-9-5-6-10-18(17)24-14-16-7-3-2-4-8-16/h2-13H,14H2,1H3,(H,22,23)/b21-13-. The number of hydrogen-bond acceptors (Lipinski definition) is 4. The average Bonchev–Trinajstić information content (AvgIpc) is 3.06. The van der Waals surface area contributed by atoms with Gasteiger partial charge in [0.2, 0.25) is 0 Å². The second-order valence-electron chi connectivity index (χ2n) is 5.44. The molecule has 1 amide bonds. The summed E-state index contributed by atoms with van der Waals surface area (Å²) in [7, 11) is 0. The first-order valence-electron chi connectivity index (χ1n) is 7.87. The van der Waals surface area contributed by atoms with Crippen LogP contribution in [0.5, 0.6) is 5.75 Å². The van der Waals surface area contributed by atoms with E-state index in [1.165, 1.54) is 0 Å². The Morgan fingerprint density at radius 3 is 2.64 bits per heavy atom. The number of aryl methyl sites for hydroxylation is 1. The third-order valence-corrected chi connectivity index (χ3v) is 4.57. The first-order chi connectivity index (χ1) is 12.2. The van der Waals surface area contributed by atoms with Crippen molar-refractivity contribution in [2.24, 2.45) is 5.10 Å². The number of nitrogens with zero attached hydrogens (tertiary/aromatic N) is 1. The van der Waals surface area contributed by atoms with Crippen molar-refractivity contribution in [3.05, 3.63) is 87.6 Å². The van der Waals surface area contributed by atoms with Crippen LogP contribution in [0, 0.1) is 6.92 Å². The van der Waals surface area contributed by atoms with Crippen LogP contribution in [-0.2, 0) is 6.61 Å². The van der Waals surface area contributed by atoms with Gasteiger partial charge in [-0.25, -0.2) is 5.43 Å². The normalized spacial score (nSPS) is 10.8. The van der Waals surface area contributed by atoms with E-state index < -0.39 is 0 Å². The van der Waals surface area contributed by atoms with Gasteiger partial charge in [-0.15, -0.1) is 11.3 Å². The van der Waals surface area contributed by atoms with Crippen LogP contribution in [0.1, 0.15) is 26.4 Å². The van der Waals surface area contributed by atoms with Crippen LogP contribution in [0.25, 0.3) is 0 Å². The monoisotopic (exact) mass is 350 g/mol. The average molecular weight is 350 g/mol. The van der Waals surface area contributed by atoms with Gasteiger partial charge in [0.25, 0.3) is 5.91 Å². The molecule has 5 heteroatoms. The van der Waals surface area contributed by atoms with Crippen molar-refractivity contribution in [3.63, 3.8) is 0 Å². The predicted molar refractivity (Wildman–Crippen MR) is 101 cm³/mol. The van der Waals surface area contributed by atoms with Gasteiger partial charge in [0.05, 0.1) is 11.8 Å². The van der Waals surface area contributed by atoms with Gasteiger partial charge in [-0.2, -0.15) is 5.10 Å². The quantitative estimate of drug-likeness (QED) is 0.529. The Hall–Kier alpha value is -2.92. The molecule has 0 atom stereocenters. The molecule has 0 radical (unpaired) electrons. The molecule has 0 aliphatic carbocycles. The summed E-state index contributed by atoms with van der Waals surface area (Å²) < 4.78 is 5.81. The zero-order valence-corrected chi connectivity index (χ0v) is 14.6. The van der Waals surface area contributed by atoms with Crippen molar-refractivity contribution in [2.75, 3.05) is 0 Å². The molecular formula is C20H18N2O2S. The topological polar surface area (TPSA) is 50.7 Å². The number of thiophene rings is 1. The summed E-state index contributed by atoms with van der Waals surface area (Å²) in [6.45, 7) is 2.41. The van der Waals surface area contributed by atoms with Crippen molar-refractivity contribution in [1.29, 1.82) is 0 Å². The molecular weight excluding hydrogens is 332 g/mol. The van der Waals surface area contributed by atoms with Gasteiger partial charge in [-0.1, -0.05) is 42.5 Å². The fraction of sp³-hybridized carbons (Fsp3) is 0.100. The first-order valence-corrected chi connectivity index (χ1v) is 8.75. The highest BCUT2D eigenvalue weighted by Crippen LogP contribution is 2.19. The highest BCUT2D eigenvalue weighted by Gasteiger charge is 2.11. The van der Waals surface area contributed by atoms with Crippen molar-refractivity contribution in [2.45, 2.75) is 13.5 Å². The minimum Gasteiger partial charge on any atom is -0.488 e. The number of para-hydroxylation sites is 1. The molecule has 0 aliphatic heterocycles. The maximum absolute atomic E-state index is 12.4. The summed E-state index contributed by atoms with van der Waals surface area (Å²) >= 11 is 1.58. The van der Waals surface area contributed by atoms with Crippen LogP contribution in [0.15, 0.2) is 71.1 Å². The fourth-order valence-electron chi connectivity index (χ4n) is 2.24. The number of rotatable bonds is 6. The molecule has 1 aromatic heterocycles. The summed E-state index contributed by atoms with van der Waals surface area (Å²) in [5.74, 6) is 0.237. The Bertz CT molecular complexity index is 872. The number of nitrogens with one attached hydrogen (secondary N) is 1. The van der Waals surface area contributed by atoms with Gasteiger partial charge >= 0.3 is 0 Å². The Morgan fingerprint density at radius 2 is 1.88 bits per heavy atom. The number of carbonyl (C=O) groups is 1. The highest BCUT2D eigenvalue weighted by atomic mass is 32.1. The third kappa shape index (κ3) is 4.55. The number of carbonyl (C=O) groups excluding carboxylic acids is 1. The van der Waals surface area contributed by atoms with Gasteiger partial charge in [-0.3, -0.25) is 4.79 Å². The number of ether oxygens (including phenoxy) is 1. The number of benzene rings is 2. The van der Waals surface area contributed by atoms with Crippen LogP contribution in [0.4, 0.5) is 0 Å². The van der Waals surface area contributed by atoms with Crippen molar-refractivity contribution in [3.8, 4) is 5.75 Å². The summed E-state index contributed by atoms with van der Waals surface area (Å²) in [4.78, 5) is 13.4. The molecule has 4 nitrogen and oxygen atoms in total. The molecule has 25 heavy (non-hydrogen) atoms. The Labute approximate surface area is 150 Å². The van der Waals surface area contributed by atoms with Crippen molar-refractivity contribution in [1.82, 2.24) is 5.43 Å². The molecule has 0 saturated heterocycles. The summed E-state index contributed by atoms with van der Waals surface area (Å²) in [6.07, 6.45) is 1.66. The van der Waals surface area contributed by atoms with Gasteiger partial charge < -0.3 is 4.74 Å². The molecule has 3 rings (SSSR count). The molecule has 0 spiro atoms. The molecule has 0 unspecified atom stereocenters. The fourth-order valence-corrected chi connectivity index (χ4v) is 3.03. The van der Waals surface area contributed by atoms with Gasteiger partial charge in [0, 0.05) is 4.88 Å². The zero-order chi connectivity index (χ0) is 17.5. The van der Waals surface area contributed by atoms with Crippen LogP contribution in [-0.4, -0.2) is 12.1 Å². The molecule has 1 heterocycles. The van der Waals surface area contributed by atoms with E-state index in [-0.39, 0.29) is 5.91 Å². The highest BCUT2D eigenvalue weighted by molar-refractivity contribution is 7.11. The Balaban J connectivity index is 1.66. The molecule has 3 aromatic rings. The SMILES string of the molecule is Cc1ccsc1/C=N\NC(=O)c1ccccc1OCc1ccccc1. The van der Waals surface area contributed by atoms with Crippen LogP contribution in [0.2, 0.25) is 0 Å². The van der Waals surface area contributed by atoms with Crippen LogP contribution in [0.3, 0.4) is 0 Å². The lowest BCUT2D eigenvalue weighted by molar-refractivity contribution is 0.0950. The van der Waals surface area contributed by atoms with E-state index in [1.54, 1.807) is 35.8 Å². The summed E-state index contributed by atoms with van der Waals surface area (Å²) in [5.41, 5.74) is 5.20. The van der Waals surface area contributed by atoms with E-state index in [9.17, 15) is 4.79 Å². The van der Waals surface area contributed by atoms with Gasteiger partial charge in [-0.05, 0) is 41.6 Å². The molecule has 0 aliphatic rings. The summed E-state index contributed by atoms with van der Waals surface area (Å²) in [6, 6.07) is 19.0. The van der Waals surface area contributed by atoms with Crippen LogP contribution >= 0.6 is 11.3 Å². The predicted octanol–water partition coefficient (Wildman–Crippen LogP) is 4.40. The third-order valence-electron chi connectivity index (χ3n) is 3.62. The van der Waals surface area contributed by atoms with E-state index in [4.69, 9.17) is 4.74 Å². The molecule has 0 saturated carbocycles. The van der Waals surface area contributed by atoms with E-state index in [2.05, 4.69) is 10.5 Å². The van der Waals surface area contributed by atoms with E-state index in [1.807, 2.05) is 54.8 Å². The molecule has 1 N–H and O–H groups in total. The lowest BCUT2D eigenvalue weighted by Gasteiger charge is -2.10. The van der Waals surface area contributed by atoms with Gasteiger partial charge in [0.15, 0.2) is 0 Å². The van der Waals surface area contributed by atoms with Crippen molar-refractivity contribution >= 4 is 23.5 Å². The van der Waals surface area contributed by atoms with Crippen LogP contribution < -0.4 is 10.2 Å². The lowest BCUT2D eigenvalue weighted by Crippen LogP contribution is -2.18. The molecule has 126 valence electrons. The minimum absolute atomic E-state index is 0.297. The zero-order valence-electron chi connectivity index (χ0n) is 13.8. The second-order valence-corrected chi connectivity index (χ2v) is 6.39. The van der Waals surface area contributed by atoms with E-state index >= 15 is 0 Å². The minimum atomic E-state index is -0.297. The molecule has 0 fully saturated rings. The maximum atomic E-state index is 12.4. The smallest absolute Gasteiger partial charge is 0.275 e. The number of hydrazone groups is 1. The molecule has 2 aromatic carbocycles. The second kappa shape index (κ2) is 8.26. The van der Waals surface area contributed by atoms with Crippen molar-refractivity contribution < 1.29 is 9.53 Å². The summed E-state index contributed by atoms with van der Waals surface area (Å²) in [5, 5.41) is 6.03. The number of hydrogen-bond donors (Lipinski definition) is 1. The first kappa shape index (κ1) is 16.9. The largest absolute Gasteiger partial charge is 0.488 e. The number of amides is 1. The lowest BCUT2D eigenvalue weighted by atomic mass is 10.2. The van der Waals surface area contributed by atoms with Gasteiger partial charge in [0.1, 0.15) is 12.4 Å². The maximum Gasteiger partial charge on any atom is 0.275 e. The Morgan fingerprint density at radius 1 is 1.12 bits per heavy atom. The van der Waals surface area contributed by atoms with E-state index in [0.29, 0.717) is 17.9 Å². The Kier molecular flexibility index (Phi) is 5.59. The molecule has 0 bridgehead atoms. The van der Waals surface area contributed by atoms with E-state index in [0.717, 1.165) is 16.0 Å².